The first-order valence-corrected chi connectivity index (χ1v) is 9.15. The summed E-state index contributed by atoms with van der Waals surface area (Å²) in [5.41, 5.74) is 0. The van der Waals surface area contributed by atoms with Gasteiger partial charge in [-0.3, -0.25) is 24.2 Å². The number of carbonyl (C=O) groups is 3. The van der Waals surface area contributed by atoms with Crippen LogP contribution in [0.4, 0.5) is 0 Å². The average molecular weight is 353 g/mol. The Hall–Kier alpha value is -1.51. The second kappa shape index (κ2) is 8.73. The summed E-state index contributed by atoms with van der Waals surface area (Å²) in [6, 6.07) is 0.120. The van der Waals surface area contributed by atoms with Gasteiger partial charge in [0.2, 0.25) is 17.7 Å². The molecular weight excluding hydrogens is 326 g/mol. The number of likely N-dealkylation sites (tertiary alicyclic amines) is 1. The molecule has 3 aliphatic heterocycles. The summed E-state index contributed by atoms with van der Waals surface area (Å²) in [4.78, 5) is 41.8. The Morgan fingerprint density at radius 1 is 1.00 bits per heavy atom. The molecule has 0 saturated carbocycles. The predicted octanol–water partition coefficient (Wildman–Crippen LogP) is -0.525. The highest BCUT2D eigenvalue weighted by molar-refractivity contribution is 6.04. The van der Waals surface area contributed by atoms with Gasteiger partial charge in [-0.1, -0.05) is 0 Å². The first kappa shape index (κ1) is 18.3. The zero-order chi connectivity index (χ0) is 17.6. The number of nitrogens with zero attached hydrogens (tertiary/aromatic N) is 3. The molecule has 25 heavy (non-hydrogen) atoms. The number of rotatable bonds is 6. The lowest BCUT2D eigenvalue weighted by Gasteiger charge is -2.37. The van der Waals surface area contributed by atoms with Crippen molar-refractivity contribution in [3.05, 3.63) is 0 Å². The molecule has 0 unspecified atom stereocenters. The lowest BCUT2D eigenvalue weighted by Crippen LogP contribution is -2.51. The SMILES string of the molecule is O=C1CCC(=O)N1CC(=O)N(CCN1CCOCC1)C1CCOCC1. The zero-order valence-electron chi connectivity index (χ0n) is 14.7. The van der Waals surface area contributed by atoms with Crippen LogP contribution in [0.3, 0.4) is 0 Å². The van der Waals surface area contributed by atoms with E-state index < -0.39 is 0 Å². The lowest BCUT2D eigenvalue weighted by molar-refractivity contribution is -0.147. The van der Waals surface area contributed by atoms with E-state index in [1.807, 2.05) is 4.90 Å². The maximum atomic E-state index is 12.9. The summed E-state index contributed by atoms with van der Waals surface area (Å²) >= 11 is 0. The number of morpholine rings is 1. The van der Waals surface area contributed by atoms with E-state index in [1.165, 1.54) is 0 Å². The standard InChI is InChI=1S/C17H27N3O5/c21-15-1-2-16(22)20(15)13-17(23)19(14-3-9-24-10-4-14)6-5-18-7-11-25-12-8-18/h14H,1-13H2. The lowest BCUT2D eigenvalue weighted by atomic mass is 10.1. The molecule has 3 heterocycles. The van der Waals surface area contributed by atoms with Crippen LogP contribution in [0.5, 0.6) is 0 Å². The first-order valence-electron chi connectivity index (χ1n) is 9.15. The molecule has 3 saturated heterocycles. The van der Waals surface area contributed by atoms with Gasteiger partial charge in [-0.15, -0.1) is 0 Å². The van der Waals surface area contributed by atoms with E-state index in [-0.39, 0.29) is 43.1 Å². The van der Waals surface area contributed by atoms with Crippen molar-refractivity contribution < 1.29 is 23.9 Å². The van der Waals surface area contributed by atoms with Crippen LogP contribution in [-0.4, -0.2) is 97.6 Å². The van der Waals surface area contributed by atoms with Gasteiger partial charge >= 0.3 is 0 Å². The molecule has 8 nitrogen and oxygen atoms in total. The van der Waals surface area contributed by atoms with Crippen molar-refractivity contribution in [3.8, 4) is 0 Å². The third-order valence-corrected chi connectivity index (χ3v) is 5.16. The largest absolute Gasteiger partial charge is 0.381 e. The summed E-state index contributed by atoms with van der Waals surface area (Å²) in [5, 5.41) is 0. The molecule has 3 amide bonds. The number of ether oxygens (including phenoxy) is 2. The van der Waals surface area contributed by atoms with Gasteiger partial charge in [-0.25, -0.2) is 0 Å². The van der Waals surface area contributed by atoms with E-state index in [4.69, 9.17) is 9.47 Å². The van der Waals surface area contributed by atoms with Crippen LogP contribution in [0.1, 0.15) is 25.7 Å². The highest BCUT2D eigenvalue weighted by Gasteiger charge is 2.34. The molecule has 8 heteroatoms. The molecule has 0 atom stereocenters. The van der Waals surface area contributed by atoms with Crippen molar-refractivity contribution in [3.63, 3.8) is 0 Å². The van der Waals surface area contributed by atoms with Crippen molar-refractivity contribution in [1.29, 1.82) is 0 Å². The summed E-state index contributed by atoms with van der Waals surface area (Å²) in [5.74, 6) is -0.610. The first-order chi connectivity index (χ1) is 12.1. The van der Waals surface area contributed by atoms with Gasteiger partial charge in [0.1, 0.15) is 6.54 Å². The molecule has 0 aliphatic carbocycles. The van der Waals surface area contributed by atoms with Crippen LogP contribution >= 0.6 is 0 Å². The number of carbonyl (C=O) groups excluding carboxylic acids is 3. The van der Waals surface area contributed by atoms with Crippen molar-refractivity contribution >= 4 is 17.7 Å². The molecule has 3 rings (SSSR count). The van der Waals surface area contributed by atoms with Gasteiger partial charge < -0.3 is 14.4 Å². The normalized spacial score (nSPS) is 23.3. The fourth-order valence-corrected chi connectivity index (χ4v) is 3.61. The number of amides is 3. The smallest absolute Gasteiger partial charge is 0.243 e. The van der Waals surface area contributed by atoms with Gasteiger partial charge in [0.05, 0.1) is 13.2 Å². The Kier molecular flexibility index (Phi) is 6.39. The molecule has 0 bridgehead atoms. The average Bonchev–Trinajstić information content (AvgIpc) is 2.96. The summed E-state index contributed by atoms with van der Waals surface area (Å²) in [6.45, 7) is 5.76. The molecule has 140 valence electrons. The molecule has 0 aromatic rings. The summed E-state index contributed by atoms with van der Waals surface area (Å²) in [7, 11) is 0. The van der Waals surface area contributed by atoms with Crippen molar-refractivity contribution in [2.24, 2.45) is 0 Å². The van der Waals surface area contributed by atoms with Crippen molar-refractivity contribution in [2.45, 2.75) is 31.7 Å². The molecule has 0 aromatic heterocycles. The minimum Gasteiger partial charge on any atom is -0.381 e. The third kappa shape index (κ3) is 4.77. The van der Waals surface area contributed by atoms with Crippen LogP contribution in [0, 0.1) is 0 Å². The molecule has 0 spiro atoms. The highest BCUT2D eigenvalue weighted by atomic mass is 16.5. The van der Waals surface area contributed by atoms with Crippen LogP contribution in [0.25, 0.3) is 0 Å². The Balaban J connectivity index is 1.60. The van der Waals surface area contributed by atoms with E-state index >= 15 is 0 Å². The minimum atomic E-state index is -0.238. The Morgan fingerprint density at radius 2 is 1.60 bits per heavy atom. The molecule has 0 N–H and O–H groups in total. The van der Waals surface area contributed by atoms with Gasteiger partial charge in [0.15, 0.2) is 0 Å². The molecular formula is C17H27N3O5. The molecule has 3 aliphatic rings. The van der Waals surface area contributed by atoms with E-state index in [2.05, 4.69) is 4.90 Å². The van der Waals surface area contributed by atoms with Gasteiger partial charge in [0.25, 0.3) is 0 Å². The maximum Gasteiger partial charge on any atom is 0.243 e. The van der Waals surface area contributed by atoms with Crippen molar-refractivity contribution in [2.75, 3.05) is 59.2 Å². The zero-order valence-corrected chi connectivity index (χ0v) is 14.7. The topological polar surface area (TPSA) is 79.4 Å². The quantitative estimate of drug-likeness (QED) is 0.598. The van der Waals surface area contributed by atoms with E-state index in [0.29, 0.717) is 19.8 Å². The van der Waals surface area contributed by atoms with E-state index in [0.717, 1.165) is 50.6 Å². The minimum absolute atomic E-state index is 0.120. The van der Waals surface area contributed by atoms with Gasteiger partial charge in [-0.2, -0.15) is 0 Å². The monoisotopic (exact) mass is 353 g/mol. The fourth-order valence-electron chi connectivity index (χ4n) is 3.61. The highest BCUT2D eigenvalue weighted by Crippen LogP contribution is 2.17. The number of imide groups is 1. The van der Waals surface area contributed by atoms with Gasteiger partial charge in [0, 0.05) is 58.3 Å². The molecule has 0 aromatic carbocycles. The second-order valence-corrected chi connectivity index (χ2v) is 6.76. The second-order valence-electron chi connectivity index (χ2n) is 6.76. The number of hydrogen-bond donors (Lipinski definition) is 0. The number of hydrogen-bond acceptors (Lipinski definition) is 6. The third-order valence-electron chi connectivity index (χ3n) is 5.16. The Morgan fingerprint density at radius 3 is 2.24 bits per heavy atom. The van der Waals surface area contributed by atoms with Crippen LogP contribution in [0.15, 0.2) is 0 Å². The predicted molar refractivity (Wildman–Crippen MR) is 88.8 cm³/mol. The fraction of sp³-hybridized carbons (Fsp3) is 0.824. The van der Waals surface area contributed by atoms with Gasteiger partial charge in [-0.05, 0) is 12.8 Å². The Labute approximate surface area is 148 Å². The van der Waals surface area contributed by atoms with E-state index in [1.54, 1.807) is 0 Å². The van der Waals surface area contributed by atoms with E-state index in [9.17, 15) is 14.4 Å². The molecule has 0 radical (unpaired) electrons. The summed E-state index contributed by atoms with van der Waals surface area (Å²) in [6.07, 6.45) is 2.04. The summed E-state index contributed by atoms with van der Waals surface area (Å²) < 4.78 is 10.8. The van der Waals surface area contributed by atoms with Crippen LogP contribution < -0.4 is 0 Å². The molecule has 3 fully saturated rings. The Bertz CT molecular complexity index is 485. The maximum absolute atomic E-state index is 12.9. The van der Waals surface area contributed by atoms with Crippen molar-refractivity contribution in [1.82, 2.24) is 14.7 Å². The van der Waals surface area contributed by atoms with Crippen LogP contribution in [-0.2, 0) is 23.9 Å². The van der Waals surface area contributed by atoms with Crippen LogP contribution in [0.2, 0.25) is 0 Å².